The van der Waals surface area contributed by atoms with Crippen LogP contribution in [0.25, 0.3) is 0 Å². The van der Waals surface area contributed by atoms with Crippen LogP contribution in [-0.4, -0.2) is 40.5 Å². The third-order valence-corrected chi connectivity index (χ3v) is 5.59. The van der Waals surface area contributed by atoms with E-state index in [1.165, 1.54) is 16.0 Å². The van der Waals surface area contributed by atoms with Crippen LogP contribution in [0.1, 0.15) is 28.8 Å². The van der Waals surface area contributed by atoms with Gasteiger partial charge < -0.3 is 14.8 Å². The Labute approximate surface area is 171 Å². The number of thiophene rings is 1. The van der Waals surface area contributed by atoms with E-state index in [4.69, 9.17) is 4.99 Å². The SMILES string of the molecule is CCNC(=NCc1cccc(Cn2ccnc2C)c1)N(C)CCc1cccs1. The second-order valence-corrected chi connectivity index (χ2v) is 7.88. The zero-order valence-corrected chi connectivity index (χ0v) is 17.7. The predicted molar refractivity (Wildman–Crippen MR) is 118 cm³/mol. The van der Waals surface area contributed by atoms with E-state index in [1.54, 1.807) is 0 Å². The van der Waals surface area contributed by atoms with Gasteiger partial charge in [-0.2, -0.15) is 0 Å². The second-order valence-electron chi connectivity index (χ2n) is 6.84. The molecule has 2 heterocycles. The van der Waals surface area contributed by atoms with Gasteiger partial charge in [0, 0.05) is 44.0 Å². The highest BCUT2D eigenvalue weighted by Gasteiger charge is 2.07. The minimum Gasteiger partial charge on any atom is -0.357 e. The first-order chi connectivity index (χ1) is 13.7. The molecule has 2 aromatic heterocycles. The van der Waals surface area contributed by atoms with Gasteiger partial charge in [0.25, 0.3) is 0 Å². The van der Waals surface area contributed by atoms with Crippen LogP contribution < -0.4 is 5.32 Å². The molecule has 0 aliphatic heterocycles. The van der Waals surface area contributed by atoms with Gasteiger partial charge in [0.2, 0.25) is 0 Å². The number of benzene rings is 1. The lowest BCUT2D eigenvalue weighted by Crippen LogP contribution is -2.39. The number of guanidine groups is 1. The number of hydrogen-bond donors (Lipinski definition) is 1. The molecular weight excluding hydrogens is 366 g/mol. The van der Waals surface area contributed by atoms with Crippen molar-refractivity contribution in [1.29, 1.82) is 0 Å². The van der Waals surface area contributed by atoms with E-state index in [9.17, 15) is 0 Å². The van der Waals surface area contributed by atoms with Crippen LogP contribution in [0.15, 0.2) is 59.2 Å². The van der Waals surface area contributed by atoms with Crippen molar-refractivity contribution >= 4 is 17.3 Å². The van der Waals surface area contributed by atoms with Crippen LogP contribution >= 0.6 is 11.3 Å². The van der Waals surface area contributed by atoms with E-state index in [2.05, 4.69) is 75.5 Å². The summed E-state index contributed by atoms with van der Waals surface area (Å²) >= 11 is 1.81. The molecule has 0 bridgehead atoms. The number of nitrogens with zero attached hydrogens (tertiary/aromatic N) is 4. The average Bonchev–Trinajstić information content (AvgIpc) is 3.36. The molecule has 1 aromatic carbocycles. The molecule has 0 aliphatic carbocycles. The fourth-order valence-electron chi connectivity index (χ4n) is 3.07. The van der Waals surface area contributed by atoms with Gasteiger partial charge in [-0.3, -0.25) is 0 Å². The quantitative estimate of drug-likeness (QED) is 0.464. The number of hydrogen-bond acceptors (Lipinski definition) is 3. The van der Waals surface area contributed by atoms with Crippen LogP contribution in [0.3, 0.4) is 0 Å². The maximum atomic E-state index is 4.85. The Morgan fingerprint density at radius 2 is 2.11 bits per heavy atom. The number of aliphatic imine (C=N–C) groups is 1. The molecule has 0 fully saturated rings. The molecule has 0 radical (unpaired) electrons. The number of likely N-dealkylation sites (N-methyl/N-ethyl adjacent to an activating group) is 1. The molecule has 28 heavy (non-hydrogen) atoms. The predicted octanol–water partition coefficient (Wildman–Crippen LogP) is 3.94. The van der Waals surface area contributed by atoms with Gasteiger partial charge in [0.1, 0.15) is 5.82 Å². The topological polar surface area (TPSA) is 45.5 Å². The lowest BCUT2D eigenvalue weighted by atomic mass is 10.1. The molecule has 3 aromatic rings. The van der Waals surface area contributed by atoms with Crippen molar-refractivity contribution in [3.8, 4) is 0 Å². The highest BCUT2D eigenvalue weighted by atomic mass is 32.1. The Hall–Kier alpha value is -2.60. The summed E-state index contributed by atoms with van der Waals surface area (Å²) in [6, 6.07) is 12.9. The zero-order valence-electron chi connectivity index (χ0n) is 16.9. The van der Waals surface area contributed by atoms with Gasteiger partial charge >= 0.3 is 0 Å². The molecule has 0 saturated heterocycles. The summed E-state index contributed by atoms with van der Waals surface area (Å²) in [5.41, 5.74) is 2.49. The molecule has 0 aliphatic rings. The normalized spacial score (nSPS) is 11.6. The van der Waals surface area contributed by atoms with Crippen LogP contribution in [0.5, 0.6) is 0 Å². The van der Waals surface area contributed by atoms with E-state index in [0.29, 0.717) is 6.54 Å². The Bertz CT molecular complexity index is 882. The Kier molecular flexibility index (Phi) is 7.25. The molecule has 148 valence electrons. The van der Waals surface area contributed by atoms with Crippen LogP contribution in [0, 0.1) is 6.92 Å². The van der Waals surface area contributed by atoms with E-state index < -0.39 is 0 Å². The standard InChI is InChI=1S/C22H29N5S/c1-4-23-22(26(3)12-10-21-9-6-14-28-21)25-16-19-7-5-8-20(15-19)17-27-13-11-24-18(27)2/h5-9,11,13-15H,4,10,12,16-17H2,1-3H3,(H,23,25). The first-order valence-corrected chi connectivity index (χ1v) is 10.6. The smallest absolute Gasteiger partial charge is 0.193 e. The van der Waals surface area contributed by atoms with Crippen LogP contribution in [0.4, 0.5) is 0 Å². The summed E-state index contributed by atoms with van der Waals surface area (Å²) in [7, 11) is 2.10. The number of imidazole rings is 1. The minimum atomic E-state index is 0.669. The van der Waals surface area contributed by atoms with Crippen LogP contribution in [-0.2, 0) is 19.5 Å². The summed E-state index contributed by atoms with van der Waals surface area (Å²) in [5.74, 6) is 1.99. The number of nitrogens with one attached hydrogen (secondary N) is 1. The third kappa shape index (κ3) is 5.70. The highest BCUT2D eigenvalue weighted by Crippen LogP contribution is 2.11. The highest BCUT2D eigenvalue weighted by molar-refractivity contribution is 7.09. The van der Waals surface area contributed by atoms with E-state index in [1.807, 2.05) is 30.7 Å². The van der Waals surface area contributed by atoms with Gasteiger partial charge in [-0.05, 0) is 42.8 Å². The first kappa shape index (κ1) is 20.1. The number of aromatic nitrogens is 2. The molecule has 6 heteroatoms. The Morgan fingerprint density at radius 3 is 2.82 bits per heavy atom. The largest absolute Gasteiger partial charge is 0.357 e. The van der Waals surface area contributed by atoms with E-state index in [-0.39, 0.29) is 0 Å². The van der Waals surface area contributed by atoms with E-state index >= 15 is 0 Å². The van der Waals surface area contributed by atoms with Crippen molar-refractivity contribution in [3.05, 3.63) is 76.0 Å². The Morgan fingerprint density at radius 1 is 1.25 bits per heavy atom. The van der Waals surface area contributed by atoms with Crippen molar-refractivity contribution in [1.82, 2.24) is 19.8 Å². The average molecular weight is 396 g/mol. The fraction of sp³-hybridized carbons (Fsp3) is 0.364. The van der Waals surface area contributed by atoms with Crippen molar-refractivity contribution in [2.75, 3.05) is 20.1 Å². The van der Waals surface area contributed by atoms with Gasteiger partial charge in [0.15, 0.2) is 5.96 Å². The van der Waals surface area contributed by atoms with Crippen molar-refractivity contribution in [2.45, 2.75) is 33.4 Å². The van der Waals surface area contributed by atoms with Gasteiger partial charge in [-0.15, -0.1) is 11.3 Å². The first-order valence-electron chi connectivity index (χ1n) is 9.73. The second kappa shape index (κ2) is 10.1. The molecule has 0 amide bonds. The van der Waals surface area contributed by atoms with Crippen LogP contribution in [0.2, 0.25) is 0 Å². The number of rotatable bonds is 8. The third-order valence-electron chi connectivity index (χ3n) is 4.65. The zero-order chi connectivity index (χ0) is 19.8. The minimum absolute atomic E-state index is 0.669. The molecule has 0 unspecified atom stereocenters. The molecule has 0 atom stereocenters. The molecule has 1 N–H and O–H groups in total. The molecule has 3 rings (SSSR count). The van der Waals surface area contributed by atoms with Crippen molar-refractivity contribution in [2.24, 2.45) is 4.99 Å². The summed E-state index contributed by atoms with van der Waals surface area (Å²) in [6.45, 7) is 7.46. The summed E-state index contributed by atoms with van der Waals surface area (Å²) in [6.07, 6.45) is 4.91. The lowest BCUT2D eigenvalue weighted by molar-refractivity contribution is 0.486. The van der Waals surface area contributed by atoms with Crippen molar-refractivity contribution < 1.29 is 0 Å². The summed E-state index contributed by atoms with van der Waals surface area (Å²) in [5, 5.41) is 5.54. The molecule has 5 nitrogen and oxygen atoms in total. The lowest BCUT2D eigenvalue weighted by Gasteiger charge is -2.21. The van der Waals surface area contributed by atoms with Gasteiger partial charge in [0.05, 0.1) is 6.54 Å². The van der Waals surface area contributed by atoms with E-state index in [0.717, 1.165) is 37.8 Å². The molecular formula is C22H29N5S. The summed E-state index contributed by atoms with van der Waals surface area (Å²) in [4.78, 5) is 12.8. The fourth-order valence-corrected chi connectivity index (χ4v) is 3.77. The molecule has 0 saturated carbocycles. The Balaban J connectivity index is 1.63. The monoisotopic (exact) mass is 395 g/mol. The maximum Gasteiger partial charge on any atom is 0.193 e. The maximum absolute atomic E-state index is 4.85. The van der Waals surface area contributed by atoms with Gasteiger partial charge in [-0.25, -0.2) is 9.98 Å². The van der Waals surface area contributed by atoms with Crippen molar-refractivity contribution in [3.63, 3.8) is 0 Å². The van der Waals surface area contributed by atoms with Gasteiger partial charge in [-0.1, -0.05) is 30.3 Å². The number of aryl methyl sites for hydroxylation is 1. The molecule has 0 spiro atoms. The summed E-state index contributed by atoms with van der Waals surface area (Å²) < 4.78 is 2.16.